The molecule has 0 spiro atoms. The van der Waals surface area contributed by atoms with E-state index in [1.807, 2.05) is 13.0 Å². The largest absolute Gasteiger partial charge is 0.389 e. The number of nitrogens with two attached hydrogens (primary N) is 1. The molecular weight excluding hydrogens is 244 g/mol. The summed E-state index contributed by atoms with van der Waals surface area (Å²) in [6.45, 7) is 2.63. The Hall–Kier alpha value is -0.840. The number of halogens is 1. The molecule has 1 aromatic rings. The molecular formula is C11H15ClN2OS. The highest BCUT2D eigenvalue weighted by molar-refractivity contribution is 7.80. The van der Waals surface area contributed by atoms with Crippen LogP contribution in [0.1, 0.15) is 12.5 Å². The number of nitrogens with one attached hydrogen (secondary N) is 1. The van der Waals surface area contributed by atoms with E-state index in [4.69, 9.17) is 34.3 Å². The molecule has 3 nitrogen and oxygen atoms in total. The van der Waals surface area contributed by atoms with Crippen LogP contribution < -0.4 is 11.1 Å². The Morgan fingerprint density at radius 3 is 2.88 bits per heavy atom. The molecule has 5 heteroatoms. The molecule has 0 bridgehead atoms. The first kappa shape index (κ1) is 13.2. The van der Waals surface area contributed by atoms with E-state index in [1.54, 1.807) is 19.2 Å². The Labute approximate surface area is 106 Å². The van der Waals surface area contributed by atoms with Gasteiger partial charge in [-0.1, -0.05) is 23.8 Å². The molecule has 0 aliphatic heterocycles. The predicted molar refractivity (Wildman–Crippen MR) is 72.3 cm³/mol. The van der Waals surface area contributed by atoms with Crippen molar-refractivity contribution in [1.29, 1.82) is 0 Å². The molecule has 1 unspecified atom stereocenters. The van der Waals surface area contributed by atoms with Gasteiger partial charge in [0.2, 0.25) is 0 Å². The third kappa shape index (κ3) is 3.63. The first-order valence-electron chi connectivity index (χ1n) is 4.89. The molecule has 0 fully saturated rings. The van der Waals surface area contributed by atoms with Gasteiger partial charge in [-0.25, -0.2) is 0 Å². The summed E-state index contributed by atoms with van der Waals surface area (Å²) in [6.07, 6.45) is 0. The lowest BCUT2D eigenvalue weighted by Crippen LogP contribution is -2.23. The van der Waals surface area contributed by atoms with Gasteiger partial charge >= 0.3 is 0 Å². The number of anilines is 1. The van der Waals surface area contributed by atoms with Crippen LogP contribution in [0.3, 0.4) is 0 Å². The van der Waals surface area contributed by atoms with E-state index in [1.165, 1.54) is 0 Å². The Morgan fingerprint density at radius 1 is 1.62 bits per heavy atom. The summed E-state index contributed by atoms with van der Waals surface area (Å²) in [6, 6.07) is 5.60. The molecule has 0 radical (unpaired) electrons. The zero-order valence-corrected chi connectivity index (χ0v) is 10.9. The van der Waals surface area contributed by atoms with Crippen LogP contribution in [0.5, 0.6) is 0 Å². The summed E-state index contributed by atoms with van der Waals surface area (Å²) in [4.78, 5) is 0.328. The number of hydrogen-bond acceptors (Lipinski definition) is 3. The van der Waals surface area contributed by atoms with Crippen molar-refractivity contribution in [2.75, 3.05) is 19.0 Å². The molecule has 0 aliphatic rings. The summed E-state index contributed by atoms with van der Waals surface area (Å²) in [5.74, 6) is 0. The Balaban J connectivity index is 2.90. The molecule has 16 heavy (non-hydrogen) atoms. The third-order valence-electron chi connectivity index (χ3n) is 2.07. The first-order chi connectivity index (χ1) is 7.54. The van der Waals surface area contributed by atoms with Crippen molar-refractivity contribution < 1.29 is 4.74 Å². The molecule has 1 atom stereocenters. The molecule has 1 rings (SSSR count). The van der Waals surface area contributed by atoms with Crippen molar-refractivity contribution in [3.05, 3.63) is 28.8 Å². The average molecular weight is 259 g/mol. The molecule has 0 amide bonds. The lowest BCUT2D eigenvalue weighted by atomic mass is 10.1. The van der Waals surface area contributed by atoms with Gasteiger partial charge in [-0.3, -0.25) is 0 Å². The van der Waals surface area contributed by atoms with E-state index < -0.39 is 0 Å². The highest BCUT2D eigenvalue weighted by atomic mass is 35.5. The fourth-order valence-corrected chi connectivity index (χ4v) is 1.74. The Kier molecular flexibility index (Phi) is 4.99. The van der Waals surface area contributed by atoms with E-state index >= 15 is 0 Å². The van der Waals surface area contributed by atoms with E-state index in [0.29, 0.717) is 16.6 Å². The van der Waals surface area contributed by atoms with Crippen LogP contribution in [-0.2, 0) is 4.74 Å². The maximum atomic E-state index is 5.89. The van der Waals surface area contributed by atoms with Gasteiger partial charge in [0.25, 0.3) is 0 Å². The number of ether oxygens (including phenoxy) is 1. The molecule has 0 saturated heterocycles. The minimum Gasteiger partial charge on any atom is -0.389 e. The molecule has 0 saturated carbocycles. The third-order valence-corrected chi connectivity index (χ3v) is 2.52. The first-order valence-corrected chi connectivity index (χ1v) is 5.68. The van der Waals surface area contributed by atoms with Crippen molar-refractivity contribution in [2.45, 2.75) is 13.0 Å². The molecule has 0 aromatic heterocycles. The topological polar surface area (TPSA) is 47.3 Å². The standard InChI is InChI=1S/C11H15ClN2OS/c1-7(6-15-2)14-10-4-3-8(12)5-9(10)11(13)16/h3-5,7,14H,6H2,1-2H3,(H2,13,16). The number of methoxy groups -OCH3 is 1. The summed E-state index contributed by atoms with van der Waals surface area (Å²) in [5.41, 5.74) is 7.27. The molecule has 3 N–H and O–H groups in total. The van der Waals surface area contributed by atoms with Crippen LogP contribution in [0.2, 0.25) is 5.02 Å². The Morgan fingerprint density at radius 2 is 2.31 bits per heavy atom. The maximum absolute atomic E-state index is 5.89. The molecule has 1 aromatic carbocycles. The second-order valence-corrected chi connectivity index (χ2v) is 4.43. The summed E-state index contributed by atoms with van der Waals surface area (Å²) < 4.78 is 5.05. The fourth-order valence-electron chi connectivity index (χ4n) is 1.40. The number of benzene rings is 1. The van der Waals surface area contributed by atoms with Gasteiger partial charge in [0.05, 0.1) is 6.61 Å². The molecule has 0 heterocycles. The average Bonchev–Trinajstić information content (AvgIpc) is 2.20. The number of hydrogen-bond donors (Lipinski definition) is 2. The zero-order valence-electron chi connectivity index (χ0n) is 9.29. The van der Waals surface area contributed by atoms with E-state index in [9.17, 15) is 0 Å². The minimum absolute atomic E-state index is 0.180. The van der Waals surface area contributed by atoms with Gasteiger partial charge in [-0.2, -0.15) is 0 Å². The van der Waals surface area contributed by atoms with E-state index in [2.05, 4.69) is 5.32 Å². The summed E-state index contributed by atoms with van der Waals surface area (Å²) in [5, 5.41) is 3.89. The van der Waals surface area contributed by atoms with Gasteiger partial charge < -0.3 is 15.8 Å². The van der Waals surface area contributed by atoms with Gasteiger partial charge in [0.15, 0.2) is 0 Å². The van der Waals surface area contributed by atoms with E-state index in [-0.39, 0.29) is 6.04 Å². The molecule has 88 valence electrons. The summed E-state index contributed by atoms with van der Waals surface area (Å²) in [7, 11) is 1.66. The predicted octanol–water partition coefficient (Wildman–Crippen LogP) is 2.42. The SMILES string of the molecule is COCC(C)Nc1ccc(Cl)cc1C(N)=S. The van der Waals surface area contributed by atoms with E-state index in [0.717, 1.165) is 11.3 Å². The Bertz CT molecular complexity index is 384. The second-order valence-electron chi connectivity index (χ2n) is 3.55. The normalized spacial score (nSPS) is 12.2. The van der Waals surface area contributed by atoms with Crippen molar-refractivity contribution in [3.8, 4) is 0 Å². The van der Waals surface area contributed by atoms with Crippen LogP contribution in [0.4, 0.5) is 5.69 Å². The smallest absolute Gasteiger partial charge is 0.106 e. The van der Waals surface area contributed by atoms with Crippen LogP contribution in [0.25, 0.3) is 0 Å². The van der Waals surface area contributed by atoms with Crippen LogP contribution >= 0.6 is 23.8 Å². The van der Waals surface area contributed by atoms with Gasteiger partial charge in [-0.05, 0) is 25.1 Å². The fraction of sp³-hybridized carbons (Fsp3) is 0.364. The number of thiocarbonyl (C=S) groups is 1. The zero-order chi connectivity index (χ0) is 12.1. The lowest BCUT2D eigenvalue weighted by Gasteiger charge is -2.17. The van der Waals surface area contributed by atoms with Crippen LogP contribution in [0.15, 0.2) is 18.2 Å². The highest BCUT2D eigenvalue weighted by Crippen LogP contribution is 2.21. The van der Waals surface area contributed by atoms with Crippen LogP contribution in [-0.4, -0.2) is 24.7 Å². The van der Waals surface area contributed by atoms with Gasteiger partial charge in [-0.15, -0.1) is 0 Å². The number of rotatable bonds is 5. The minimum atomic E-state index is 0.180. The van der Waals surface area contributed by atoms with Crippen molar-refractivity contribution in [1.82, 2.24) is 0 Å². The molecule has 0 aliphatic carbocycles. The quantitative estimate of drug-likeness (QED) is 0.797. The van der Waals surface area contributed by atoms with Gasteiger partial charge in [0, 0.05) is 29.4 Å². The lowest BCUT2D eigenvalue weighted by molar-refractivity contribution is 0.190. The van der Waals surface area contributed by atoms with Crippen LogP contribution in [0, 0.1) is 0 Å². The van der Waals surface area contributed by atoms with Crippen molar-refractivity contribution >= 4 is 34.5 Å². The second kappa shape index (κ2) is 6.03. The van der Waals surface area contributed by atoms with Gasteiger partial charge in [0.1, 0.15) is 4.99 Å². The van der Waals surface area contributed by atoms with Crippen molar-refractivity contribution in [2.24, 2.45) is 5.73 Å². The maximum Gasteiger partial charge on any atom is 0.106 e. The monoisotopic (exact) mass is 258 g/mol. The summed E-state index contributed by atoms with van der Waals surface area (Å²) >= 11 is 10.9. The highest BCUT2D eigenvalue weighted by Gasteiger charge is 2.08. The van der Waals surface area contributed by atoms with Crippen molar-refractivity contribution in [3.63, 3.8) is 0 Å².